The molecule has 1 aliphatic rings. The summed E-state index contributed by atoms with van der Waals surface area (Å²) in [6.45, 7) is 4.48. The fraction of sp³-hybridized carbons (Fsp3) is 0.611. The molecule has 1 fully saturated rings. The highest BCUT2D eigenvalue weighted by atomic mass is 32.2. The third-order valence-electron chi connectivity index (χ3n) is 4.52. The van der Waals surface area contributed by atoms with Crippen LogP contribution in [0.3, 0.4) is 0 Å². The van der Waals surface area contributed by atoms with Gasteiger partial charge in [-0.05, 0) is 62.4 Å². The number of thioether (sulfide) groups is 1. The Labute approximate surface area is 144 Å². The van der Waals surface area contributed by atoms with Crippen molar-refractivity contribution in [3.05, 3.63) is 29.8 Å². The van der Waals surface area contributed by atoms with E-state index in [4.69, 9.17) is 5.73 Å². The molecule has 1 heterocycles. The zero-order chi connectivity index (χ0) is 16.7. The van der Waals surface area contributed by atoms with E-state index in [2.05, 4.69) is 29.3 Å². The molecule has 0 radical (unpaired) electrons. The molecule has 1 aliphatic heterocycles. The number of rotatable bonds is 7. The average Bonchev–Trinajstić information content (AvgIpc) is 2.56. The maximum Gasteiger partial charge on any atom is 0.241 e. The maximum atomic E-state index is 12.0. The lowest BCUT2D eigenvalue weighted by molar-refractivity contribution is -0.117. The van der Waals surface area contributed by atoms with E-state index in [1.54, 1.807) is 11.8 Å². The molecule has 0 aromatic heterocycles. The van der Waals surface area contributed by atoms with Gasteiger partial charge < -0.3 is 11.1 Å². The average molecular weight is 336 g/mol. The van der Waals surface area contributed by atoms with E-state index in [1.165, 1.54) is 31.4 Å². The zero-order valence-electron chi connectivity index (χ0n) is 14.3. The topological polar surface area (TPSA) is 58.4 Å². The highest BCUT2D eigenvalue weighted by Gasteiger charge is 2.18. The Morgan fingerprint density at radius 1 is 1.39 bits per heavy atom. The summed E-state index contributed by atoms with van der Waals surface area (Å²) < 4.78 is 0. The number of nitrogens with two attached hydrogens (primary N) is 1. The number of carbonyl (C=O) groups excluding carboxylic acids is 1. The molecular formula is C18H29N3OS. The number of hydrogen-bond donors (Lipinski definition) is 2. The van der Waals surface area contributed by atoms with Crippen molar-refractivity contribution in [1.29, 1.82) is 0 Å². The van der Waals surface area contributed by atoms with Gasteiger partial charge in [0.05, 0.1) is 6.04 Å². The fourth-order valence-electron chi connectivity index (χ4n) is 2.93. The number of amides is 1. The summed E-state index contributed by atoms with van der Waals surface area (Å²) in [5, 5.41) is 2.90. The second-order valence-corrected chi connectivity index (χ2v) is 7.38. The minimum atomic E-state index is -0.434. The van der Waals surface area contributed by atoms with Crippen LogP contribution < -0.4 is 11.1 Å². The molecule has 1 unspecified atom stereocenters. The maximum absolute atomic E-state index is 12.0. The number of hydrogen-bond acceptors (Lipinski definition) is 4. The van der Waals surface area contributed by atoms with Crippen LogP contribution in [0.1, 0.15) is 38.2 Å². The van der Waals surface area contributed by atoms with Crippen LogP contribution in [-0.4, -0.2) is 41.4 Å². The Balaban J connectivity index is 1.85. The number of anilines is 1. The number of piperidine rings is 1. The Bertz CT molecular complexity index is 492. The standard InChI is InChI=1S/C18H29N3OS/c1-14-5-3-4-11-21(14)13-15-6-8-16(9-7-15)20-18(22)17(19)10-12-23-2/h6-9,14,17H,3-5,10-13,19H2,1-2H3,(H,20,22)/t14?,17-/m0/s1. The van der Waals surface area contributed by atoms with Gasteiger partial charge in [0.2, 0.25) is 5.91 Å². The van der Waals surface area contributed by atoms with Gasteiger partial charge in [0.25, 0.3) is 0 Å². The molecule has 2 atom stereocenters. The van der Waals surface area contributed by atoms with Crippen LogP contribution in [0.5, 0.6) is 0 Å². The summed E-state index contributed by atoms with van der Waals surface area (Å²) in [5.41, 5.74) is 8.01. The van der Waals surface area contributed by atoms with Crippen molar-refractivity contribution in [3.8, 4) is 0 Å². The van der Waals surface area contributed by atoms with E-state index < -0.39 is 6.04 Å². The first-order valence-electron chi connectivity index (χ1n) is 8.48. The highest BCUT2D eigenvalue weighted by Crippen LogP contribution is 2.20. The second-order valence-electron chi connectivity index (χ2n) is 6.39. The summed E-state index contributed by atoms with van der Waals surface area (Å²) in [5.74, 6) is 0.804. The molecule has 0 aliphatic carbocycles. The minimum Gasteiger partial charge on any atom is -0.325 e. The monoisotopic (exact) mass is 335 g/mol. The van der Waals surface area contributed by atoms with E-state index >= 15 is 0 Å². The largest absolute Gasteiger partial charge is 0.325 e. The Kier molecular flexibility index (Phi) is 7.40. The van der Waals surface area contributed by atoms with E-state index in [0.29, 0.717) is 12.5 Å². The minimum absolute atomic E-state index is 0.101. The van der Waals surface area contributed by atoms with Crippen molar-refractivity contribution < 1.29 is 4.79 Å². The Morgan fingerprint density at radius 2 is 2.13 bits per heavy atom. The molecule has 1 amide bonds. The molecule has 1 aromatic rings. The summed E-state index contributed by atoms with van der Waals surface area (Å²) in [6.07, 6.45) is 6.67. The predicted octanol–water partition coefficient (Wildman–Crippen LogP) is 3.08. The highest BCUT2D eigenvalue weighted by molar-refractivity contribution is 7.98. The summed E-state index contributed by atoms with van der Waals surface area (Å²) in [6, 6.07) is 8.38. The molecule has 0 saturated carbocycles. The zero-order valence-corrected chi connectivity index (χ0v) is 15.1. The van der Waals surface area contributed by atoms with E-state index in [0.717, 1.165) is 18.0 Å². The molecule has 0 spiro atoms. The predicted molar refractivity (Wildman–Crippen MR) is 99.8 cm³/mol. The van der Waals surface area contributed by atoms with Gasteiger partial charge in [-0.1, -0.05) is 18.6 Å². The van der Waals surface area contributed by atoms with Crippen LogP contribution >= 0.6 is 11.8 Å². The molecular weight excluding hydrogens is 306 g/mol. The molecule has 1 saturated heterocycles. The molecule has 1 aromatic carbocycles. The van der Waals surface area contributed by atoms with Crippen molar-refractivity contribution in [1.82, 2.24) is 4.90 Å². The smallest absolute Gasteiger partial charge is 0.241 e. The number of nitrogens with one attached hydrogen (secondary N) is 1. The summed E-state index contributed by atoms with van der Waals surface area (Å²) >= 11 is 1.71. The lowest BCUT2D eigenvalue weighted by Gasteiger charge is -2.33. The molecule has 5 heteroatoms. The first-order valence-corrected chi connectivity index (χ1v) is 9.88. The van der Waals surface area contributed by atoms with E-state index in [1.807, 2.05) is 18.4 Å². The molecule has 128 valence electrons. The van der Waals surface area contributed by atoms with Gasteiger partial charge in [-0.3, -0.25) is 9.69 Å². The van der Waals surface area contributed by atoms with Crippen molar-refractivity contribution in [2.75, 3.05) is 23.9 Å². The van der Waals surface area contributed by atoms with Crippen LogP contribution in [0.25, 0.3) is 0 Å². The summed E-state index contributed by atoms with van der Waals surface area (Å²) in [4.78, 5) is 14.5. The third kappa shape index (κ3) is 5.83. The number of nitrogens with zero attached hydrogens (tertiary/aromatic N) is 1. The van der Waals surface area contributed by atoms with Crippen LogP contribution in [-0.2, 0) is 11.3 Å². The van der Waals surface area contributed by atoms with Crippen molar-refractivity contribution in [3.63, 3.8) is 0 Å². The van der Waals surface area contributed by atoms with Gasteiger partial charge in [0.1, 0.15) is 0 Å². The quantitative estimate of drug-likeness (QED) is 0.804. The third-order valence-corrected chi connectivity index (χ3v) is 5.16. The van der Waals surface area contributed by atoms with Crippen molar-refractivity contribution >= 4 is 23.4 Å². The van der Waals surface area contributed by atoms with Crippen molar-refractivity contribution in [2.45, 2.75) is 51.2 Å². The first-order chi connectivity index (χ1) is 11.1. The van der Waals surface area contributed by atoms with Crippen LogP contribution in [0.2, 0.25) is 0 Å². The molecule has 3 N–H and O–H groups in total. The lowest BCUT2D eigenvalue weighted by Crippen LogP contribution is -2.36. The van der Waals surface area contributed by atoms with Gasteiger partial charge in [-0.25, -0.2) is 0 Å². The number of likely N-dealkylation sites (tertiary alicyclic amines) is 1. The normalized spacial score (nSPS) is 20.2. The Morgan fingerprint density at radius 3 is 2.78 bits per heavy atom. The number of benzene rings is 1. The molecule has 4 nitrogen and oxygen atoms in total. The lowest BCUT2D eigenvalue weighted by atomic mass is 10.0. The second kappa shape index (κ2) is 9.30. The molecule has 2 rings (SSSR count). The van der Waals surface area contributed by atoms with Crippen LogP contribution in [0.15, 0.2) is 24.3 Å². The van der Waals surface area contributed by atoms with Gasteiger partial charge >= 0.3 is 0 Å². The van der Waals surface area contributed by atoms with Crippen LogP contribution in [0, 0.1) is 0 Å². The fourth-order valence-corrected chi connectivity index (χ4v) is 3.42. The van der Waals surface area contributed by atoms with Gasteiger partial charge in [-0.2, -0.15) is 11.8 Å². The number of carbonyl (C=O) groups is 1. The first kappa shape index (κ1) is 18.3. The summed E-state index contributed by atoms with van der Waals surface area (Å²) in [7, 11) is 0. The van der Waals surface area contributed by atoms with Crippen molar-refractivity contribution in [2.24, 2.45) is 5.73 Å². The van der Waals surface area contributed by atoms with Gasteiger partial charge in [-0.15, -0.1) is 0 Å². The van der Waals surface area contributed by atoms with E-state index in [-0.39, 0.29) is 5.91 Å². The van der Waals surface area contributed by atoms with Crippen LogP contribution in [0.4, 0.5) is 5.69 Å². The SMILES string of the molecule is CSCC[C@H](N)C(=O)Nc1ccc(CN2CCCCC2C)cc1. The molecule has 23 heavy (non-hydrogen) atoms. The Hall–Kier alpha value is -1.04. The van der Waals surface area contributed by atoms with Gasteiger partial charge in [0.15, 0.2) is 0 Å². The van der Waals surface area contributed by atoms with Gasteiger partial charge in [0, 0.05) is 18.3 Å². The molecule has 0 bridgehead atoms. The van der Waals surface area contributed by atoms with E-state index in [9.17, 15) is 4.79 Å².